The number of fused-ring (bicyclic) bond motifs is 1. The van der Waals surface area contributed by atoms with Crippen LogP contribution in [0, 0.1) is 0 Å². The summed E-state index contributed by atoms with van der Waals surface area (Å²) in [5, 5.41) is 2.97. The van der Waals surface area contributed by atoms with Gasteiger partial charge in [0, 0.05) is 24.5 Å². The van der Waals surface area contributed by atoms with Crippen LogP contribution in [0.5, 0.6) is 5.75 Å². The van der Waals surface area contributed by atoms with Crippen molar-refractivity contribution < 1.29 is 23.8 Å². The van der Waals surface area contributed by atoms with Gasteiger partial charge in [-0.05, 0) is 50.8 Å². The molecule has 1 saturated carbocycles. The summed E-state index contributed by atoms with van der Waals surface area (Å²) in [4.78, 5) is 31.4. The fraction of sp³-hybridized carbons (Fsp3) is 0.500. The summed E-state index contributed by atoms with van der Waals surface area (Å²) in [6.45, 7) is 2.20. The van der Waals surface area contributed by atoms with Crippen molar-refractivity contribution in [2.45, 2.75) is 51.2 Å². The van der Waals surface area contributed by atoms with Crippen LogP contribution in [0.2, 0.25) is 0 Å². The van der Waals surface area contributed by atoms with Gasteiger partial charge in [0.25, 0.3) is 5.91 Å². The Hall–Kier alpha value is -2.45. The van der Waals surface area contributed by atoms with Crippen LogP contribution in [-0.2, 0) is 25.5 Å². The number of nitrogens with zero attached hydrogens (tertiary/aromatic N) is 2. The van der Waals surface area contributed by atoms with Gasteiger partial charge in [0.1, 0.15) is 18.4 Å². The summed E-state index contributed by atoms with van der Waals surface area (Å²) in [7, 11) is 1.67. The molecule has 0 spiro atoms. The van der Waals surface area contributed by atoms with E-state index in [1.807, 2.05) is 23.6 Å². The Morgan fingerprint density at radius 3 is 2.90 bits per heavy atom. The highest BCUT2D eigenvalue weighted by Crippen LogP contribution is 2.38. The maximum atomic E-state index is 12.8. The smallest absolute Gasteiger partial charge is 0.326 e. The van der Waals surface area contributed by atoms with Crippen molar-refractivity contribution >= 4 is 28.9 Å². The number of rotatable bonds is 7. The number of anilines is 1. The Morgan fingerprint density at radius 1 is 1.33 bits per heavy atom. The second kappa shape index (κ2) is 9.14. The summed E-state index contributed by atoms with van der Waals surface area (Å²) in [6, 6.07) is 5.61. The highest BCUT2D eigenvalue weighted by Gasteiger charge is 2.34. The van der Waals surface area contributed by atoms with E-state index in [1.165, 1.54) is 4.90 Å². The minimum absolute atomic E-state index is 0.0302. The van der Waals surface area contributed by atoms with Gasteiger partial charge in [0.2, 0.25) is 0 Å². The molecule has 1 atom stereocenters. The van der Waals surface area contributed by atoms with Crippen molar-refractivity contribution in [2.75, 3.05) is 25.2 Å². The third kappa shape index (κ3) is 4.49. The predicted octanol–water partition coefficient (Wildman–Crippen LogP) is 3.60. The number of carbonyl (C=O) groups is 2. The lowest BCUT2D eigenvalue weighted by Crippen LogP contribution is -2.47. The second-order valence-corrected chi connectivity index (χ2v) is 8.58. The number of ether oxygens (including phenoxy) is 3. The van der Waals surface area contributed by atoms with Crippen LogP contribution in [0.15, 0.2) is 23.6 Å². The first kappa shape index (κ1) is 20.8. The monoisotopic (exact) mass is 430 g/mol. The molecule has 8 heteroatoms. The van der Waals surface area contributed by atoms with Gasteiger partial charge < -0.3 is 14.2 Å². The van der Waals surface area contributed by atoms with E-state index < -0.39 is 6.10 Å². The van der Waals surface area contributed by atoms with Crippen molar-refractivity contribution in [2.24, 2.45) is 0 Å². The highest BCUT2D eigenvalue weighted by atomic mass is 32.1. The minimum atomic E-state index is -0.650. The molecule has 30 heavy (non-hydrogen) atoms. The lowest BCUT2D eigenvalue weighted by atomic mass is 10.1. The molecule has 160 valence electrons. The number of amides is 1. The molecule has 1 aromatic heterocycles. The van der Waals surface area contributed by atoms with Gasteiger partial charge in [-0.15, -0.1) is 11.3 Å². The number of methoxy groups -OCH3 is 1. The number of hydrogen-bond donors (Lipinski definition) is 0. The van der Waals surface area contributed by atoms with Gasteiger partial charge in [0.05, 0.1) is 23.0 Å². The Kier molecular flexibility index (Phi) is 6.34. The Morgan fingerprint density at radius 2 is 2.13 bits per heavy atom. The number of esters is 1. The van der Waals surface area contributed by atoms with Crippen LogP contribution in [0.3, 0.4) is 0 Å². The second-order valence-electron chi connectivity index (χ2n) is 7.63. The topological polar surface area (TPSA) is 78.0 Å². The Bertz CT molecular complexity index is 922. The third-order valence-corrected chi connectivity index (χ3v) is 6.33. The van der Waals surface area contributed by atoms with Crippen molar-refractivity contribution in [1.29, 1.82) is 0 Å². The molecule has 0 bridgehead atoms. The summed E-state index contributed by atoms with van der Waals surface area (Å²) in [5.41, 5.74) is 2.27. The first-order chi connectivity index (χ1) is 14.5. The average molecular weight is 431 g/mol. The van der Waals surface area contributed by atoms with Gasteiger partial charge in [-0.1, -0.05) is 0 Å². The van der Waals surface area contributed by atoms with Gasteiger partial charge in [-0.3, -0.25) is 14.5 Å². The molecule has 2 heterocycles. The van der Waals surface area contributed by atoms with Gasteiger partial charge in [0.15, 0.2) is 6.10 Å². The predicted molar refractivity (Wildman–Crippen MR) is 114 cm³/mol. The van der Waals surface area contributed by atoms with E-state index in [4.69, 9.17) is 14.2 Å². The van der Waals surface area contributed by atoms with Gasteiger partial charge in [-0.2, -0.15) is 0 Å². The molecule has 7 nitrogen and oxygen atoms in total. The maximum Gasteiger partial charge on any atom is 0.326 e. The first-order valence-corrected chi connectivity index (χ1v) is 11.2. The Balaban J connectivity index is 1.56. The van der Waals surface area contributed by atoms with E-state index >= 15 is 0 Å². The average Bonchev–Trinajstić information content (AvgIpc) is 3.41. The molecule has 0 saturated heterocycles. The molecule has 4 rings (SSSR count). The van der Waals surface area contributed by atoms with Crippen LogP contribution in [-0.4, -0.2) is 49.3 Å². The molecule has 2 aliphatic rings. The summed E-state index contributed by atoms with van der Waals surface area (Å²) in [6.07, 6.45) is 4.03. The molecular formula is C22H26N2O5S. The van der Waals surface area contributed by atoms with Gasteiger partial charge >= 0.3 is 5.97 Å². The molecule has 1 amide bonds. The molecule has 1 unspecified atom stereocenters. The zero-order valence-corrected chi connectivity index (χ0v) is 18.1. The zero-order chi connectivity index (χ0) is 21.1. The standard InChI is InChI=1S/C22H26N2O5S/c1-14-22(26)24(12-21(25)29-16-5-3-4-6-16)18-11-15(7-8-19(18)28-14)17-13-30-20(23-17)9-10-27-2/h7-8,11,13-14,16H,3-6,9-10,12H2,1-2H3. The minimum Gasteiger partial charge on any atom is -0.479 e. The van der Waals surface area contributed by atoms with Crippen molar-refractivity contribution in [3.8, 4) is 17.0 Å². The SMILES string of the molecule is COCCc1nc(-c2ccc3c(c2)N(CC(=O)OC2CCCC2)C(=O)C(C)O3)cs1. The molecule has 1 aliphatic carbocycles. The van der Waals surface area contributed by atoms with E-state index in [2.05, 4.69) is 4.98 Å². The lowest BCUT2D eigenvalue weighted by molar-refractivity contribution is -0.148. The fourth-order valence-electron chi connectivity index (χ4n) is 3.84. The molecular weight excluding hydrogens is 404 g/mol. The van der Waals surface area contributed by atoms with Crippen LogP contribution >= 0.6 is 11.3 Å². The Labute approximate surface area is 180 Å². The van der Waals surface area contributed by atoms with Crippen molar-refractivity contribution in [1.82, 2.24) is 4.98 Å². The number of carbonyl (C=O) groups excluding carboxylic acids is 2. The largest absolute Gasteiger partial charge is 0.479 e. The van der Waals surface area contributed by atoms with Crippen LogP contribution in [0.4, 0.5) is 5.69 Å². The number of benzene rings is 1. The lowest BCUT2D eigenvalue weighted by Gasteiger charge is -2.32. The van der Waals surface area contributed by atoms with Crippen LogP contribution in [0.25, 0.3) is 11.3 Å². The normalized spacial score (nSPS) is 18.9. The van der Waals surface area contributed by atoms with Gasteiger partial charge in [-0.25, -0.2) is 4.98 Å². The molecule has 1 fully saturated rings. The van der Waals surface area contributed by atoms with Crippen molar-refractivity contribution in [3.63, 3.8) is 0 Å². The maximum absolute atomic E-state index is 12.8. The summed E-state index contributed by atoms with van der Waals surface area (Å²) < 4.78 is 16.5. The van der Waals surface area contributed by atoms with E-state index in [9.17, 15) is 9.59 Å². The van der Waals surface area contributed by atoms with E-state index in [0.717, 1.165) is 48.4 Å². The fourth-order valence-corrected chi connectivity index (χ4v) is 4.62. The number of thiazole rings is 1. The molecule has 1 aromatic carbocycles. The summed E-state index contributed by atoms with van der Waals surface area (Å²) in [5.74, 6) is -0.0485. The highest BCUT2D eigenvalue weighted by molar-refractivity contribution is 7.09. The van der Waals surface area contributed by atoms with E-state index in [-0.39, 0.29) is 24.5 Å². The van der Waals surface area contributed by atoms with Crippen LogP contribution < -0.4 is 9.64 Å². The van der Waals surface area contributed by atoms with E-state index in [0.29, 0.717) is 18.0 Å². The molecule has 0 radical (unpaired) electrons. The van der Waals surface area contributed by atoms with Crippen LogP contribution in [0.1, 0.15) is 37.6 Å². The first-order valence-electron chi connectivity index (χ1n) is 10.3. The quantitative estimate of drug-likeness (QED) is 0.625. The summed E-state index contributed by atoms with van der Waals surface area (Å²) >= 11 is 1.57. The number of hydrogen-bond acceptors (Lipinski definition) is 7. The van der Waals surface area contributed by atoms with Crippen molar-refractivity contribution in [3.05, 3.63) is 28.6 Å². The molecule has 2 aromatic rings. The molecule has 1 aliphatic heterocycles. The number of aromatic nitrogens is 1. The zero-order valence-electron chi connectivity index (χ0n) is 17.3. The third-order valence-electron chi connectivity index (χ3n) is 5.42. The molecule has 0 N–H and O–H groups in total. The van der Waals surface area contributed by atoms with E-state index in [1.54, 1.807) is 25.4 Å².